The maximum Gasteiger partial charge on any atom is 0.274 e. The number of phenols is 2. The van der Waals surface area contributed by atoms with Crippen molar-refractivity contribution >= 4 is 33.1 Å². The van der Waals surface area contributed by atoms with Crippen molar-refractivity contribution in [3.63, 3.8) is 0 Å². The van der Waals surface area contributed by atoms with Crippen molar-refractivity contribution in [2.45, 2.75) is 19.9 Å². The number of aromatic nitrogens is 3. The summed E-state index contributed by atoms with van der Waals surface area (Å²) in [6.07, 6.45) is 0. The van der Waals surface area contributed by atoms with Crippen LogP contribution in [0, 0.1) is 0 Å². The minimum absolute atomic E-state index is 0.0333. The van der Waals surface area contributed by atoms with E-state index in [-0.39, 0.29) is 28.7 Å². The molecule has 0 atom stereocenters. The van der Waals surface area contributed by atoms with Crippen LogP contribution in [0.5, 0.6) is 17.2 Å². The van der Waals surface area contributed by atoms with Crippen molar-refractivity contribution in [1.82, 2.24) is 14.8 Å². The first-order chi connectivity index (χ1) is 14.8. The number of hydrogen-bond donors (Lipinski definition) is 4. The number of ether oxygens (including phenoxy) is 1. The largest absolute Gasteiger partial charge is 0.504 e. The van der Waals surface area contributed by atoms with Crippen LogP contribution in [0.1, 0.15) is 19.9 Å². The lowest BCUT2D eigenvalue weighted by atomic mass is 10.0. The number of aromatic amines is 2. The Morgan fingerprint density at radius 1 is 1.10 bits per heavy atom. The van der Waals surface area contributed by atoms with E-state index in [2.05, 4.69) is 10.1 Å². The highest BCUT2D eigenvalue weighted by Gasteiger charge is 2.24. The Bertz CT molecular complexity index is 1620. The molecule has 2 aromatic carbocycles. The number of hydrogen-bond acceptors (Lipinski definition) is 6. The van der Waals surface area contributed by atoms with Crippen LogP contribution < -0.4 is 15.7 Å². The fourth-order valence-electron chi connectivity index (χ4n) is 3.96. The molecule has 5 aromatic rings. The SMILES string of the molecule is COc1cc(-c2c3oc4c(O)c(=O)ccc4c3[nH]c3c2c(=O)[nH]n3C(C)C)ccc1O. The van der Waals surface area contributed by atoms with E-state index in [9.17, 15) is 19.8 Å². The van der Waals surface area contributed by atoms with Crippen molar-refractivity contribution < 1.29 is 19.4 Å². The van der Waals surface area contributed by atoms with Crippen LogP contribution in [0.15, 0.2) is 44.3 Å². The predicted molar refractivity (Wildman–Crippen MR) is 116 cm³/mol. The van der Waals surface area contributed by atoms with Crippen molar-refractivity contribution in [2.75, 3.05) is 7.11 Å². The summed E-state index contributed by atoms with van der Waals surface area (Å²) in [5.74, 6) is -0.318. The number of phenolic OH excluding ortho intramolecular Hbond substituents is 2. The van der Waals surface area contributed by atoms with Gasteiger partial charge in [-0.05, 0) is 43.7 Å². The first-order valence-electron chi connectivity index (χ1n) is 9.63. The molecule has 0 spiro atoms. The zero-order valence-electron chi connectivity index (χ0n) is 16.9. The fraction of sp³-hybridized carbons (Fsp3) is 0.182. The van der Waals surface area contributed by atoms with Crippen molar-refractivity contribution in [3.05, 3.63) is 50.9 Å². The number of nitrogens with zero attached hydrogens (tertiary/aromatic N) is 1. The van der Waals surface area contributed by atoms with Gasteiger partial charge in [-0.25, -0.2) is 0 Å². The maximum atomic E-state index is 13.0. The first kappa shape index (κ1) is 18.9. The van der Waals surface area contributed by atoms with Gasteiger partial charge in [0.05, 0.1) is 18.0 Å². The second-order valence-corrected chi connectivity index (χ2v) is 7.61. The average Bonchev–Trinajstić information content (AvgIpc) is 3.28. The molecule has 0 aliphatic heterocycles. The van der Waals surface area contributed by atoms with Gasteiger partial charge in [0.15, 0.2) is 22.7 Å². The van der Waals surface area contributed by atoms with E-state index in [0.29, 0.717) is 38.6 Å². The van der Waals surface area contributed by atoms with Gasteiger partial charge in [0.1, 0.15) is 5.65 Å². The number of benzene rings is 2. The van der Waals surface area contributed by atoms with Gasteiger partial charge >= 0.3 is 0 Å². The first-order valence-corrected chi connectivity index (χ1v) is 9.63. The molecule has 31 heavy (non-hydrogen) atoms. The lowest BCUT2D eigenvalue weighted by Crippen LogP contribution is -2.07. The summed E-state index contributed by atoms with van der Waals surface area (Å²) in [6, 6.07) is 7.48. The number of nitrogens with one attached hydrogen (secondary N) is 2. The average molecular weight is 421 g/mol. The highest BCUT2D eigenvalue weighted by molar-refractivity contribution is 6.15. The van der Waals surface area contributed by atoms with Gasteiger partial charge in [0.2, 0.25) is 11.2 Å². The van der Waals surface area contributed by atoms with Crippen LogP contribution in [0.25, 0.3) is 44.2 Å². The number of rotatable bonds is 3. The molecule has 3 heterocycles. The lowest BCUT2D eigenvalue weighted by molar-refractivity contribution is 0.373. The maximum absolute atomic E-state index is 13.0. The third kappa shape index (κ3) is 2.56. The highest BCUT2D eigenvalue weighted by Crippen LogP contribution is 2.42. The lowest BCUT2D eigenvalue weighted by Gasteiger charge is -2.11. The second-order valence-electron chi connectivity index (χ2n) is 7.61. The summed E-state index contributed by atoms with van der Waals surface area (Å²) in [5, 5.41) is 24.0. The minimum Gasteiger partial charge on any atom is -0.504 e. The van der Waals surface area contributed by atoms with Crippen LogP contribution in [0.2, 0.25) is 0 Å². The Morgan fingerprint density at radius 2 is 1.87 bits per heavy atom. The van der Waals surface area contributed by atoms with E-state index >= 15 is 0 Å². The van der Waals surface area contributed by atoms with E-state index < -0.39 is 11.2 Å². The molecule has 9 nitrogen and oxygen atoms in total. The number of H-pyrrole nitrogens is 2. The molecule has 5 rings (SSSR count). The van der Waals surface area contributed by atoms with E-state index in [1.807, 2.05) is 13.8 Å². The molecule has 0 radical (unpaired) electrons. The monoisotopic (exact) mass is 421 g/mol. The molecule has 158 valence electrons. The highest BCUT2D eigenvalue weighted by atomic mass is 16.5. The zero-order valence-corrected chi connectivity index (χ0v) is 16.9. The third-order valence-electron chi connectivity index (χ3n) is 5.43. The molecular weight excluding hydrogens is 402 g/mol. The molecule has 0 amide bonds. The van der Waals surface area contributed by atoms with Gasteiger partial charge in [-0.2, -0.15) is 0 Å². The number of methoxy groups -OCH3 is 1. The Labute approximate surface area is 174 Å². The van der Waals surface area contributed by atoms with Crippen molar-refractivity contribution in [3.8, 4) is 28.4 Å². The Kier molecular flexibility index (Phi) is 3.91. The van der Waals surface area contributed by atoms with E-state index in [0.717, 1.165) is 0 Å². The normalized spacial score (nSPS) is 11.9. The molecule has 4 N–H and O–H groups in total. The van der Waals surface area contributed by atoms with E-state index in [4.69, 9.17) is 9.15 Å². The molecule has 3 aromatic heterocycles. The van der Waals surface area contributed by atoms with Crippen molar-refractivity contribution in [1.29, 1.82) is 0 Å². The predicted octanol–water partition coefficient (Wildman–Crippen LogP) is 3.59. The van der Waals surface area contributed by atoms with Gasteiger partial charge in [-0.3, -0.25) is 19.4 Å². The van der Waals surface area contributed by atoms with Crippen LogP contribution in [0.4, 0.5) is 0 Å². The van der Waals surface area contributed by atoms with E-state index in [1.54, 1.807) is 22.9 Å². The number of fused-ring (bicyclic) bond motifs is 4. The summed E-state index contributed by atoms with van der Waals surface area (Å²) in [4.78, 5) is 28.2. The molecule has 0 bridgehead atoms. The quantitative estimate of drug-likeness (QED) is 0.352. The smallest absolute Gasteiger partial charge is 0.274 e. The Balaban J connectivity index is 2.05. The second kappa shape index (κ2) is 6.43. The Hall–Kier alpha value is -4.14. The summed E-state index contributed by atoms with van der Waals surface area (Å²) in [5.41, 5.74) is 1.49. The summed E-state index contributed by atoms with van der Waals surface area (Å²) in [6.45, 7) is 3.86. The van der Waals surface area contributed by atoms with Gasteiger partial charge in [-0.15, -0.1) is 0 Å². The van der Waals surface area contributed by atoms with E-state index in [1.165, 1.54) is 19.2 Å². The molecule has 0 unspecified atom stereocenters. The minimum atomic E-state index is -0.562. The number of furan rings is 1. The summed E-state index contributed by atoms with van der Waals surface area (Å²) >= 11 is 0. The fourth-order valence-corrected chi connectivity index (χ4v) is 3.96. The molecule has 0 fully saturated rings. The molecule has 0 aliphatic rings. The molecule has 9 heteroatoms. The standard InChI is InChI=1S/C22H19N3O6/c1-9(2)25-21-16(22(29)24-25)15(10-4-6-12(26)14(8-10)30-3)20-17(23-21)11-5-7-13(27)18(28)19(11)31-20/h4-9,23,26,28H,1-3H3,(H,24,29). The molecular formula is C22H19N3O6. The molecule has 0 aliphatic carbocycles. The van der Waals surface area contributed by atoms with Gasteiger partial charge in [0.25, 0.3) is 5.56 Å². The van der Waals surface area contributed by atoms with Crippen LogP contribution in [-0.4, -0.2) is 32.1 Å². The van der Waals surface area contributed by atoms with Gasteiger partial charge in [-0.1, -0.05) is 6.07 Å². The van der Waals surface area contributed by atoms with Crippen LogP contribution in [-0.2, 0) is 0 Å². The van der Waals surface area contributed by atoms with Crippen LogP contribution in [0.3, 0.4) is 0 Å². The van der Waals surface area contributed by atoms with Crippen LogP contribution >= 0.6 is 0 Å². The zero-order chi connectivity index (χ0) is 22.0. The van der Waals surface area contributed by atoms with Gasteiger partial charge in [0, 0.05) is 17.0 Å². The topological polar surface area (TPSA) is 133 Å². The van der Waals surface area contributed by atoms with Crippen molar-refractivity contribution in [2.24, 2.45) is 0 Å². The summed E-state index contributed by atoms with van der Waals surface area (Å²) < 4.78 is 12.9. The molecule has 0 saturated heterocycles. The number of aromatic hydroxyl groups is 2. The van der Waals surface area contributed by atoms with Gasteiger partial charge < -0.3 is 24.4 Å². The Morgan fingerprint density at radius 3 is 2.58 bits per heavy atom. The summed E-state index contributed by atoms with van der Waals surface area (Å²) in [7, 11) is 1.43. The number of pyridine rings is 1. The molecule has 0 saturated carbocycles. The third-order valence-corrected chi connectivity index (χ3v) is 5.43.